The van der Waals surface area contributed by atoms with Gasteiger partial charge in [-0.2, -0.15) is 0 Å². The highest BCUT2D eigenvalue weighted by atomic mass is 32.2. The molecule has 1 amide bonds. The normalized spacial score (nSPS) is 15.9. The van der Waals surface area contributed by atoms with Gasteiger partial charge in [0, 0.05) is 63.0 Å². The minimum Gasteiger partial charge on any atom is -0.383 e. The number of amidine groups is 1. The lowest BCUT2D eigenvalue weighted by atomic mass is 10.1. The fourth-order valence-electron chi connectivity index (χ4n) is 3.57. The number of carbonyl (C=O) groups is 1. The van der Waals surface area contributed by atoms with Crippen LogP contribution in [0.25, 0.3) is 10.9 Å². The van der Waals surface area contributed by atoms with Gasteiger partial charge in [-0.1, -0.05) is 18.2 Å². The van der Waals surface area contributed by atoms with E-state index >= 15 is 0 Å². The van der Waals surface area contributed by atoms with Gasteiger partial charge >= 0.3 is 0 Å². The number of nitrogens with zero attached hydrogens (tertiary/aromatic N) is 2. The topological polar surface area (TPSA) is 108 Å². The molecule has 0 spiro atoms. The Balaban J connectivity index is 1.44. The smallest absolute Gasteiger partial charge is 0.276 e. The summed E-state index contributed by atoms with van der Waals surface area (Å²) in [5, 5.41) is 20.5. The molecule has 1 aliphatic heterocycles. The second-order valence-electron chi connectivity index (χ2n) is 7.50. The van der Waals surface area contributed by atoms with Crippen molar-refractivity contribution in [3.8, 4) is 0 Å². The molecule has 4 N–H and O–H groups in total. The third-order valence-electron chi connectivity index (χ3n) is 5.25. The molecule has 1 saturated heterocycles. The summed E-state index contributed by atoms with van der Waals surface area (Å²) in [5.74, 6) is -0.434. The van der Waals surface area contributed by atoms with Crippen molar-refractivity contribution < 1.29 is 9.53 Å². The summed E-state index contributed by atoms with van der Waals surface area (Å²) in [4.78, 5) is 19.9. The highest BCUT2D eigenvalue weighted by Crippen LogP contribution is 2.19. The monoisotopic (exact) mass is 430 g/mol. The quantitative estimate of drug-likeness (QED) is 0.415. The SMILES string of the molecule is COCCN1CCN(C(=N)SC(=N)C(=O)NC(C)Cc2c[nH]c3ccccc23)CC1. The van der Waals surface area contributed by atoms with Crippen LogP contribution < -0.4 is 5.32 Å². The van der Waals surface area contributed by atoms with Crippen molar-refractivity contribution in [3.05, 3.63) is 36.0 Å². The number of carbonyl (C=O) groups excluding carboxylic acids is 1. The predicted molar refractivity (Wildman–Crippen MR) is 123 cm³/mol. The molecular formula is C21H30N6O2S. The molecule has 0 bridgehead atoms. The first-order valence-electron chi connectivity index (χ1n) is 10.1. The lowest BCUT2D eigenvalue weighted by molar-refractivity contribution is -0.115. The zero-order valence-electron chi connectivity index (χ0n) is 17.5. The number of aromatic amines is 1. The van der Waals surface area contributed by atoms with Crippen molar-refractivity contribution in [2.45, 2.75) is 19.4 Å². The Kier molecular flexibility index (Phi) is 7.89. The van der Waals surface area contributed by atoms with Crippen LogP contribution in [0.3, 0.4) is 0 Å². The lowest BCUT2D eigenvalue weighted by Gasteiger charge is -2.35. The molecular weight excluding hydrogens is 400 g/mol. The second kappa shape index (κ2) is 10.6. The number of nitrogens with one attached hydrogen (secondary N) is 4. The van der Waals surface area contributed by atoms with Gasteiger partial charge in [0.05, 0.1) is 6.61 Å². The molecule has 2 heterocycles. The fraction of sp³-hybridized carbons (Fsp3) is 0.476. The molecule has 0 aliphatic carbocycles. The van der Waals surface area contributed by atoms with E-state index in [1.54, 1.807) is 7.11 Å². The number of piperazine rings is 1. The van der Waals surface area contributed by atoms with Crippen molar-refractivity contribution >= 4 is 38.8 Å². The summed E-state index contributed by atoms with van der Waals surface area (Å²) in [6.07, 6.45) is 2.64. The molecule has 1 fully saturated rings. The van der Waals surface area contributed by atoms with E-state index in [1.165, 1.54) is 0 Å². The summed E-state index contributed by atoms with van der Waals surface area (Å²) in [5.41, 5.74) is 2.21. The summed E-state index contributed by atoms with van der Waals surface area (Å²) < 4.78 is 5.11. The third kappa shape index (κ3) is 5.84. The maximum atomic E-state index is 12.4. The van der Waals surface area contributed by atoms with E-state index < -0.39 is 5.91 Å². The van der Waals surface area contributed by atoms with Crippen LogP contribution in [0.4, 0.5) is 0 Å². The Morgan fingerprint density at radius 3 is 2.73 bits per heavy atom. The number of amides is 1. The van der Waals surface area contributed by atoms with Gasteiger partial charge in [-0.05, 0) is 36.7 Å². The highest BCUT2D eigenvalue weighted by Gasteiger charge is 2.22. The number of methoxy groups -OCH3 is 1. The molecule has 3 rings (SSSR count). The Morgan fingerprint density at radius 2 is 2.00 bits per heavy atom. The van der Waals surface area contributed by atoms with Crippen molar-refractivity contribution in [2.24, 2.45) is 0 Å². The van der Waals surface area contributed by atoms with Crippen LogP contribution in [0.2, 0.25) is 0 Å². The number of aromatic nitrogens is 1. The Bertz CT molecular complexity index is 891. The van der Waals surface area contributed by atoms with Gasteiger partial charge in [-0.25, -0.2) is 0 Å². The second-order valence-corrected chi connectivity index (χ2v) is 8.50. The molecule has 1 aromatic carbocycles. The number of benzene rings is 1. The van der Waals surface area contributed by atoms with Crippen LogP contribution in [-0.2, 0) is 16.0 Å². The molecule has 162 valence electrons. The summed E-state index contributed by atoms with van der Waals surface area (Å²) >= 11 is 0.917. The van der Waals surface area contributed by atoms with Crippen LogP contribution in [-0.4, -0.2) is 83.4 Å². The number of thioether (sulfide) groups is 1. The summed E-state index contributed by atoms with van der Waals surface area (Å²) in [7, 11) is 1.70. The van der Waals surface area contributed by atoms with Crippen molar-refractivity contribution in [3.63, 3.8) is 0 Å². The van der Waals surface area contributed by atoms with Crippen LogP contribution in [0, 0.1) is 10.8 Å². The average molecular weight is 431 g/mol. The fourth-order valence-corrected chi connectivity index (χ4v) is 4.23. The van der Waals surface area contributed by atoms with E-state index in [0.29, 0.717) is 13.0 Å². The number of H-pyrrole nitrogens is 1. The summed E-state index contributed by atoms with van der Waals surface area (Å²) in [6, 6.07) is 7.96. The van der Waals surface area contributed by atoms with E-state index in [1.807, 2.05) is 36.2 Å². The first-order valence-corrected chi connectivity index (χ1v) is 11.0. The molecule has 9 heteroatoms. The van der Waals surface area contributed by atoms with E-state index in [2.05, 4.69) is 21.3 Å². The molecule has 1 aromatic heterocycles. The number of hydrogen-bond donors (Lipinski definition) is 4. The Hall–Kier alpha value is -2.36. The third-order valence-corrected chi connectivity index (χ3v) is 6.10. The standard InChI is InChI=1S/C21H30N6O2S/c1-15(13-16-14-24-18-6-4-3-5-17(16)18)25-20(28)19(22)30-21(23)27-9-7-26(8-10-27)11-12-29-2/h3-6,14-15,22-24H,7-13H2,1-2H3,(H,25,28). The molecule has 1 unspecified atom stereocenters. The van der Waals surface area contributed by atoms with Gasteiger partial charge in [-0.15, -0.1) is 0 Å². The number of rotatable bonds is 6. The highest BCUT2D eigenvalue weighted by molar-refractivity contribution is 8.27. The number of para-hydroxylation sites is 1. The molecule has 8 nitrogen and oxygen atoms in total. The van der Waals surface area contributed by atoms with Crippen molar-refractivity contribution in [2.75, 3.05) is 46.4 Å². The van der Waals surface area contributed by atoms with Gasteiger partial charge < -0.3 is 19.9 Å². The minimum absolute atomic E-state index is 0.115. The van der Waals surface area contributed by atoms with Crippen LogP contribution in [0.15, 0.2) is 30.5 Å². The largest absolute Gasteiger partial charge is 0.383 e. The van der Waals surface area contributed by atoms with E-state index in [0.717, 1.165) is 61.0 Å². The van der Waals surface area contributed by atoms with E-state index in [9.17, 15) is 4.79 Å². The molecule has 1 aliphatic rings. The molecule has 0 radical (unpaired) electrons. The van der Waals surface area contributed by atoms with Crippen molar-refractivity contribution in [1.29, 1.82) is 10.8 Å². The minimum atomic E-state index is -0.434. The number of ether oxygens (including phenoxy) is 1. The number of hydrogen-bond acceptors (Lipinski definition) is 6. The van der Waals surface area contributed by atoms with E-state index in [4.69, 9.17) is 15.6 Å². The first-order chi connectivity index (χ1) is 14.5. The zero-order valence-corrected chi connectivity index (χ0v) is 18.3. The maximum absolute atomic E-state index is 12.4. The lowest BCUT2D eigenvalue weighted by Crippen LogP contribution is -2.49. The van der Waals surface area contributed by atoms with Crippen LogP contribution in [0.1, 0.15) is 12.5 Å². The first kappa shape index (κ1) is 22.3. The van der Waals surface area contributed by atoms with Gasteiger partial charge in [0.25, 0.3) is 5.91 Å². The molecule has 30 heavy (non-hydrogen) atoms. The van der Waals surface area contributed by atoms with Gasteiger partial charge in [0.1, 0.15) is 0 Å². The van der Waals surface area contributed by atoms with Crippen LogP contribution in [0.5, 0.6) is 0 Å². The average Bonchev–Trinajstić information content (AvgIpc) is 3.15. The molecule has 1 atom stereocenters. The van der Waals surface area contributed by atoms with Crippen molar-refractivity contribution in [1.82, 2.24) is 20.1 Å². The Morgan fingerprint density at radius 1 is 1.27 bits per heavy atom. The van der Waals surface area contributed by atoms with Crippen LogP contribution >= 0.6 is 11.8 Å². The van der Waals surface area contributed by atoms with E-state index in [-0.39, 0.29) is 16.3 Å². The number of fused-ring (bicyclic) bond motifs is 1. The van der Waals surface area contributed by atoms with Gasteiger partial charge in [0.2, 0.25) is 0 Å². The summed E-state index contributed by atoms with van der Waals surface area (Å²) in [6.45, 7) is 6.68. The maximum Gasteiger partial charge on any atom is 0.276 e. The molecule has 2 aromatic rings. The Labute approximate surface area is 181 Å². The van der Waals surface area contributed by atoms with Gasteiger partial charge in [-0.3, -0.25) is 20.5 Å². The molecule has 0 saturated carbocycles. The zero-order chi connectivity index (χ0) is 21.5. The van der Waals surface area contributed by atoms with Gasteiger partial charge in [0.15, 0.2) is 10.2 Å². The predicted octanol–water partition coefficient (Wildman–Crippen LogP) is 2.12.